The number of nitrogens with zero attached hydrogens (tertiary/aromatic N) is 2. The third-order valence-corrected chi connectivity index (χ3v) is 3.12. The van der Waals surface area contributed by atoms with Gasteiger partial charge >= 0.3 is 5.97 Å². The molecule has 5 nitrogen and oxygen atoms in total. The minimum atomic E-state index is -0.969. The van der Waals surface area contributed by atoms with E-state index >= 15 is 0 Å². The fraction of sp³-hybridized carbons (Fsp3) is 0.125. The summed E-state index contributed by atoms with van der Waals surface area (Å²) in [4.78, 5) is 15.4. The maximum atomic E-state index is 10.9. The molecule has 21 heavy (non-hydrogen) atoms. The molecule has 106 valence electrons. The van der Waals surface area contributed by atoms with E-state index in [4.69, 9.17) is 9.84 Å². The molecule has 2 heterocycles. The van der Waals surface area contributed by atoms with Crippen molar-refractivity contribution < 1.29 is 14.6 Å². The molecule has 0 spiro atoms. The van der Waals surface area contributed by atoms with Gasteiger partial charge in [0, 0.05) is 12.4 Å². The molecule has 1 N–H and O–H groups in total. The fourth-order valence-electron chi connectivity index (χ4n) is 2.10. The lowest BCUT2D eigenvalue weighted by Gasteiger charge is -2.04. The Labute approximate surface area is 121 Å². The molecular formula is C16H14N2O3. The van der Waals surface area contributed by atoms with Crippen LogP contribution >= 0.6 is 0 Å². The van der Waals surface area contributed by atoms with Gasteiger partial charge in [0.05, 0.1) is 11.3 Å². The minimum Gasteiger partial charge on any atom is -0.487 e. The number of benzene rings is 1. The molecule has 0 aliphatic heterocycles. The largest absolute Gasteiger partial charge is 0.487 e. The summed E-state index contributed by atoms with van der Waals surface area (Å²) in [6, 6.07) is 10.4. The first-order chi connectivity index (χ1) is 10.1. The maximum absolute atomic E-state index is 10.9. The van der Waals surface area contributed by atoms with Gasteiger partial charge in [-0.15, -0.1) is 0 Å². The molecule has 0 aliphatic rings. The average molecular weight is 282 g/mol. The molecule has 1 aromatic carbocycles. The van der Waals surface area contributed by atoms with Crippen LogP contribution in [0.4, 0.5) is 0 Å². The van der Waals surface area contributed by atoms with Gasteiger partial charge in [0.1, 0.15) is 18.0 Å². The standard InChI is InChI=1S/C16H14N2O3/c1-11-5-6-15-17-13(9-18(15)8-11)10-21-14-4-2-3-12(7-14)16(19)20/h2-9H,10H2,1H3,(H,19,20). The maximum Gasteiger partial charge on any atom is 0.335 e. The van der Waals surface area contributed by atoms with Crippen LogP contribution in [0, 0.1) is 6.92 Å². The van der Waals surface area contributed by atoms with Gasteiger partial charge in [-0.1, -0.05) is 12.1 Å². The first-order valence-corrected chi connectivity index (χ1v) is 6.52. The number of fused-ring (bicyclic) bond motifs is 1. The van der Waals surface area contributed by atoms with E-state index in [2.05, 4.69) is 4.98 Å². The number of aromatic carboxylic acids is 1. The highest BCUT2D eigenvalue weighted by Gasteiger charge is 2.06. The van der Waals surface area contributed by atoms with Gasteiger partial charge in [0.2, 0.25) is 0 Å². The van der Waals surface area contributed by atoms with Gasteiger partial charge in [-0.25, -0.2) is 9.78 Å². The summed E-state index contributed by atoms with van der Waals surface area (Å²) < 4.78 is 7.55. The van der Waals surface area contributed by atoms with Crippen molar-refractivity contribution in [1.29, 1.82) is 0 Å². The molecule has 5 heteroatoms. The summed E-state index contributed by atoms with van der Waals surface area (Å²) in [6.45, 7) is 2.32. The number of aryl methyl sites for hydroxylation is 1. The smallest absolute Gasteiger partial charge is 0.335 e. The molecule has 0 atom stereocenters. The Balaban J connectivity index is 1.77. The zero-order chi connectivity index (χ0) is 14.8. The Kier molecular flexibility index (Phi) is 3.31. The van der Waals surface area contributed by atoms with Crippen molar-refractivity contribution >= 4 is 11.6 Å². The minimum absolute atomic E-state index is 0.207. The lowest BCUT2D eigenvalue weighted by Crippen LogP contribution is -1.99. The Hall–Kier alpha value is -2.82. The highest BCUT2D eigenvalue weighted by molar-refractivity contribution is 5.87. The molecule has 0 saturated carbocycles. The highest BCUT2D eigenvalue weighted by Crippen LogP contribution is 2.15. The lowest BCUT2D eigenvalue weighted by molar-refractivity contribution is 0.0696. The summed E-state index contributed by atoms with van der Waals surface area (Å²) in [7, 11) is 0. The lowest BCUT2D eigenvalue weighted by atomic mass is 10.2. The third-order valence-electron chi connectivity index (χ3n) is 3.12. The summed E-state index contributed by atoms with van der Waals surface area (Å²) >= 11 is 0. The van der Waals surface area contributed by atoms with Crippen LogP contribution in [-0.2, 0) is 6.61 Å². The zero-order valence-corrected chi connectivity index (χ0v) is 11.5. The van der Waals surface area contributed by atoms with Crippen molar-refractivity contribution in [3.8, 4) is 5.75 Å². The van der Waals surface area contributed by atoms with Crippen LogP contribution in [0.5, 0.6) is 5.75 Å². The quantitative estimate of drug-likeness (QED) is 0.799. The molecule has 0 amide bonds. The Morgan fingerprint density at radius 1 is 1.29 bits per heavy atom. The first kappa shape index (κ1) is 13.2. The topological polar surface area (TPSA) is 63.8 Å². The third kappa shape index (κ3) is 2.86. The van der Waals surface area contributed by atoms with Crippen molar-refractivity contribution in [3.63, 3.8) is 0 Å². The molecule has 0 fully saturated rings. The molecule has 0 aliphatic carbocycles. The van der Waals surface area contributed by atoms with E-state index in [9.17, 15) is 4.79 Å². The number of carbonyl (C=O) groups is 1. The monoisotopic (exact) mass is 282 g/mol. The number of rotatable bonds is 4. The predicted octanol–water partition coefficient (Wildman–Crippen LogP) is 2.92. The molecule has 0 unspecified atom stereocenters. The van der Waals surface area contributed by atoms with Crippen LogP contribution in [0.2, 0.25) is 0 Å². The summed E-state index contributed by atoms with van der Waals surface area (Å²) in [6.07, 6.45) is 3.90. The SMILES string of the molecule is Cc1ccc2nc(COc3cccc(C(=O)O)c3)cn2c1. The Bertz CT molecular complexity index is 808. The fourth-order valence-corrected chi connectivity index (χ4v) is 2.10. The van der Waals surface area contributed by atoms with Gasteiger partial charge in [0.15, 0.2) is 0 Å². The Morgan fingerprint density at radius 2 is 2.14 bits per heavy atom. The molecular weight excluding hydrogens is 268 g/mol. The van der Waals surface area contributed by atoms with Crippen molar-refractivity contribution in [1.82, 2.24) is 9.38 Å². The van der Waals surface area contributed by atoms with Crippen LogP contribution < -0.4 is 4.74 Å². The second-order valence-electron chi connectivity index (χ2n) is 4.83. The van der Waals surface area contributed by atoms with E-state index in [-0.39, 0.29) is 5.56 Å². The molecule has 0 saturated heterocycles. The van der Waals surface area contributed by atoms with Crippen molar-refractivity contribution in [2.24, 2.45) is 0 Å². The van der Waals surface area contributed by atoms with Crippen LogP contribution in [0.15, 0.2) is 48.8 Å². The number of carboxylic acids is 1. The number of pyridine rings is 1. The number of hydrogen-bond donors (Lipinski definition) is 1. The van der Waals surface area contributed by atoms with Gasteiger partial charge < -0.3 is 14.2 Å². The Morgan fingerprint density at radius 3 is 2.95 bits per heavy atom. The zero-order valence-electron chi connectivity index (χ0n) is 11.5. The predicted molar refractivity (Wildman–Crippen MR) is 77.7 cm³/mol. The van der Waals surface area contributed by atoms with E-state index in [1.807, 2.05) is 35.9 Å². The van der Waals surface area contributed by atoms with E-state index < -0.39 is 5.97 Å². The molecule has 2 aromatic heterocycles. The second-order valence-corrected chi connectivity index (χ2v) is 4.83. The van der Waals surface area contributed by atoms with Crippen LogP contribution in [0.25, 0.3) is 5.65 Å². The van der Waals surface area contributed by atoms with E-state index in [0.717, 1.165) is 16.9 Å². The highest BCUT2D eigenvalue weighted by atomic mass is 16.5. The summed E-state index contributed by atoms with van der Waals surface area (Å²) in [5.74, 6) is -0.452. The van der Waals surface area contributed by atoms with E-state index in [1.165, 1.54) is 12.1 Å². The van der Waals surface area contributed by atoms with Gasteiger partial charge in [-0.2, -0.15) is 0 Å². The number of ether oxygens (including phenoxy) is 1. The number of aromatic nitrogens is 2. The molecule has 0 bridgehead atoms. The summed E-state index contributed by atoms with van der Waals surface area (Å²) in [5.41, 5.74) is 3.01. The number of imidazole rings is 1. The van der Waals surface area contributed by atoms with Gasteiger partial charge in [-0.05, 0) is 36.8 Å². The summed E-state index contributed by atoms with van der Waals surface area (Å²) in [5, 5.41) is 8.94. The van der Waals surface area contributed by atoms with Crippen molar-refractivity contribution in [2.45, 2.75) is 13.5 Å². The van der Waals surface area contributed by atoms with Crippen molar-refractivity contribution in [2.75, 3.05) is 0 Å². The van der Waals surface area contributed by atoms with Gasteiger partial charge in [0.25, 0.3) is 0 Å². The molecule has 0 radical (unpaired) electrons. The van der Waals surface area contributed by atoms with Crippen LogP contribution in [0.3, 0.4) is 0 Å². The van der Waals surface area contributed by atoms with E-state index in [1.54, 1.807) is 12.1 Å². The molecule has 3 aromatic rings. The van der Waals surface area contributed by atoms with Gasteiger partial charge in [-0.3, -0.25) is 0 Å². The number of hydrogen-bond acceptors (Lipinski definition) is 3. The normalized spacial score (nSPS) is 10.7. The first-order valence-electron chi connectivity index (χ1n) is 6.52. The number of carboxylic acid groups (broad SMARTS) is 1. The average Bonchev–Trinajstić information content (AvgIpc) is 2.87. The second kappa shape index (κ2) is 5.28. The van der Waals surface area contributed by atoms with E-state index in [0.29, 0.717) is 12.4 Å². The van der Waals surface area contributed by atoms with Crippen molar-refractivity contribution in [3.05, 3.63) is 65.6 Å². The van der Waals surface area contributed by atoms with Crippen LogP contribution in [0.1, 0.15) is 21.6 Å². The van der Waals surface area contributed by atoms with Crippen LogP contribution in [-0.4, -0.2) is 20.5 Å². The molecule has 3 rings (SSSR count).